The van der Waals surface area contributed by atoms with Crippen LogP contribution in [0.25, 0.3) is 0 Å². The van der Waals surface area contributed by atoms with Gasteiger partial charge in [-0.25, -0.2) is 4.98 Å². The zero-order valence-corrected chi connectivity index (χ0v) is 11.8. The Morgan fingerprint density at radius 2 is 2.41 bits per heavy atom. The number of hydrogen-bond donors (Lipinski definition) is 2. The highest BCUT2D eigenvalue weighted by Gasteiger charge is 2.13. The lowest BCUT2D eigenvalue weighted by molar-refractivity contribution is 0.992. The zero-order valence-electron chi connectivity index (χ0n) is 9.39. The number of thiocarbonyl (C=S) groups is 1. The van der Waals surface area contributed by atoms with E-state index in [1.165, 1.54) is 17.3 Å². The Morgan fingerprint density at radius 3 is 3.12 bits per heavy atom. The summed E-state index contributed by atoms with van der Waals surface area (Å²) >= 11 is 8.97. The van der Waals surface area contributed by atoms with Crippen molar-refractivity contribution in [2.75, 3.05) is 29.1 Å². The monoisotopic (exact) mass is 285 g/mol. The van der Waals surface area contributed by atoms with E-state index in [0.717, 1.165) is 12.4 Å². The summed E-state index contributed by atoms with van der Waals surface area (Å²) in [7, 11) is 0. The number of anilines is 1. The predicted octanol–water partition coefficient (Wildman–Crippen LogP) is 1.98. The van der Waals surface area contributed by atoms with Gasteiger partial charge in [-0.05, 0) is 12.1 Å². The molecule has 1 unspecified atom stereocenters. The smallest absolute Gasteiger partial charge is 0.126 e. The first-order valence-electron chi connectivity index (χ1n) is 5.46. The first-order chi connectivity index (χ1) is 8.25. The number of hydrogen-bond acceptors (Lipinski definition) is 5. The molecule has 0 spiro atoms. The first kappa shape index (κ1) is 13.0. The van der Waals surface area contributed by atoms with Gasteiger partial charge in [-0.15, -0.1) is 0 Å². The van der Waals surface area contributed by atoms with Crippen molar-refractivity contribution in [1.29, 1.82) is 0 Å². The number of rotatable bonds is 4. The summed E-state index contributed by atoms with van der Waals surface area (Å²) < 4.78 is 0. The van der Waals surface area contributed by atoms with E-state index in [9.17, 15) is 0 Å². The van der Waals surface area contributed by atoms with Crippen molar-refractivity contribution in [2.24, 2.45) is 5.73 Å². The van der Waals surface area contributed by atoms with Gasteiger partial charge in [-0.2, -0.15) is 23.5 Å². The maximum atomic E-state index is 5.56. The topological polar surface area (TPSA) is 50.9 Å². The maximum Gasteiger partial charge on any atom is 0.126 e. The average Bonchev–Trinajstić information content (AvgIpc) is 2.38. The summed E-state index contributed by atoms with van der Waals surface area (Å²) in [5.41, 5.74) is 6.23. The molecule has 17 heavy (non-hydrogen) atoms. The van der Waals surface area contributed by atoms with E-state index in [4.69, 9.17) is 18.0 Å². The number of nitrogens with two attached hydrogens (primary N) is 1. The Hall–Kier alpha value is -0.460. The highest BCUT2D eigenvalue weighted by molar-refractivity contribution is 8.06. The Kier molecular flexibility index (Phi) is 4.94. The minimum Gasteiger partial charge on any atom is -0.388 e. The molecule has 3 N–H and O–H groups in total. The van der Waals surface area contributed by atoms with Crippen molar-refractivity contribution in [3.63, 3.8) is 0 Å². The van der Waals surface area contributed by atoms with E-state index in [0.29, 0.717) is 15.9 Å². The summed E-state index contributed by atoms with van der Waals surface area (Å²) in [4.78, 5) is 4.71. The molecule has 6 heteroatoms. The summed E-state index contributed by atoms with van der Waals surface area (Å²) in [6, 6.07) is 5.70. The van der Waals surface area contributed by atoms with Gasteiger partial charge in [0.2, 0.25) is 0 Å². The van der Waals surface area contributed by atoms with Gasteiger partial charge in [0.05, 0.1) is 5.69 Å². The summed E-state index contributed by atoms with van der Waals surface area (Å²) in [6.45, 7) is 0.950. The second-order valence-electron chi connectivity index (χ2n) is 3.72. The van der Waals surface area contributed by atoms with Crippen LogP contribution in [-0.4, -0.2) is 39.0 Å². The van der Waals surface area contributed by atoms with E-state index in [-0.39, 0.29) is 0 Å². The summed E-state index contributed by atoms with van der Waals surface area (Å²) in [6.07, 6.45) is 0. The van der Waals surface area contributed by atoms with Crippen LogP contribution in [0.1, 0.15) is 5.69 Å². The van der Waals surface area contributed by atoms with Gasteiger partial charge in [0.1, 0.15) is 10.8 Å². The van der Waals surface area contributed by atoms with Crippen LogP contribution < -0.4 is 11.1 Å². The lowest BCUT2D eigenvalue weighted by Crippen LogP contribution is -2.23. The van der Waals surface area contributed by atoms with Gasteiger partial charge in [0, 0.05) is 29.1 Å². The van der Waals surface area contributed by atoms with Gasteiger partial charge in [-0.3, -0.25) is 0 Å². The molecule has 0 saturated carbocycles. The molecule has 1 atom stereocenters. The standard InChI is InChI=1S/C11H15N3S3/c12-11(15)9-2-1-3-10(14-9)13-6-8-7-16-4-5-17-8/h1-3,8H,4-7H2,(H2,12,15)(H,13,14). The fourth-order valence-electron chi connectivity index (χ4n) is 1.54. The SMILES string of the molecule is NC(=S)c1cccc(NCC2CSCCS2)n1. The van der Waals surface area contributed by atoms with Crippen molar-refractivity contribution in [1.82, 2.24) is 4.98 Å². The molecule has 0 radical (unpaired) electrons. The maximum absolute atomic E-state index is 5.56. The third-order valence-corrected chi connectivity index (χ3v) is 5.45. The minimum absolute atomic E-state index is 0.344. The van der Waals surface area contributed by atoms with Crippen LogP contribution in [0.5, 0.6) is 0 Å². The van der Waals surface area contributed by atoms with Gasteiger partial charge in [0.25, 0.3) is 0 Å². The Balaban J connectivity index is 1.89. The Morgan fingerprint density at radius 1 is 1.53 bits per heavy atom. The number of pyridine rings is 1. The first-order valence-corrected chi connectivity index (χ1v) is 8.07. The van der Waals surface area contributed by atoms with Crippen LogP contribution in [0, 0.1) is 0 Å². The second-order valence-corrected chi connectivity index (χ2v) is 6.72. The fraction of sp³-hybridized carbons (Fsp3) is 0.455. The van der Waals surface area contributed by atoms with Crippen LogP contribution in [0.4, 0.5) is 5.82 Å². The van der Waals surface area contributed by atoms with E-state index in [2.05, 4.69) is 10.3 Å². The molecule has 1 aliphatic heterocycles. The molecule has 92 valence electrons. The number of nitrogens with one attached hydrogen (secondary N) is 1. The van der Waals surface area contributed by atoms with Crippen molar-refractivity contribution >= 4 is 46.5 Å². The van der Waals surface area contributed by atoms with E-state index in [1.807, 2.05) is 41.7 Å². The molecule has 3 nitrogen and oxygen atoms in total. The van der Waals surface area contributed by atoms with Gasteiger partial charge >= 0.3 is 0 Å². The number of nitrogens with zero attached hydrogens (tertiary/aromatic N) is 1. The Bertz CT molecular complexity index is 391. The molecule has 1 saturated heterocycles. The molecule has 1 aromatic rings. The van der Waals surface area contributed by atoms with Crippen molar-refractivity contribution in [2.45, 2.75) is 5.25 Å². The third kappa shape index (κ3) is 4.04. The molecule has 0 bridgehead atoms. The van der Waals surface area contributed by atoms with Crippen LogP contribution in [-0.2, 0) is 0 Å². The lowest BCUT2D eigenvalue weighted by Gasteiger charge is -2.21. The normalized spacial score (nSPS) is 19.9. The average molecular weight is 285 g/mol. The molecule has 0 amide bonds. The van der Waals surface area contributed by atoms with Crippen LogP contribution >= 0.6 is 35.7 Å². The van der Waals surface area contributed by atoms with Gasteiger partial charge in [-0.1, -0.05) is 18.3 Å². The van der Waals surface area contributed by atoms with Gasteiger partial charge < -0.3 is 11.1 Å². The highest BCUT2D eigenvalue weighted by Crippen LogP contribution is 2.24. The quantitative estimate of drug-likeness (QED) is 0.825. The van der Waals surface area contributed by atoms with Crippen LogP contribution in [0.3, 0.4) is 0 Å². The molecular weight excluding hydrogens is 270 g/mol. The third-order valence-electron chi connectivity index (χ3n) is 2.40. The second kappa shape index (κ2) is 6.47. The predicted molar refractivity (Wildman–Crippen MR) is 82.2 cm³/mol. The van der Waals surface area contributed by atoms with Crippen molar-refractivity contribution in [3.05, 3.63) is 23.9 Å². The van der Waals surface area contributed by atoms with E-state index >= 15 is 0 Å². The molecule has 2 heterocycles. The van der Waals surface area contributed by atoms with Crippen LogP contribution in [0.2, 0.25) is 0 Å². The summed E-state index contributed by atoms with van der Waals surface area (Å²) in [5, 5.41) is 4.02. The van der Waals surface area contributed by atoms with E-state index in [1.54, 1.807) is 0 Å². The van der Waals surface area contributed by atoms with Crippen molar-refractivity contribution < 1.29 is 0 Å². The molecule has 1 fully saturated rings. The Labute approximate surface area is 115 Å². The molecule has 1 aliphatic rings. The van der Waals surface area contributed by atoms with Crippen LogP contribution in [0.15, 0.2) is 18.2 Å². The van der Waals surface area contributed by atoms with E-state index < -0.39 is 0 Å². The highest BCUT2D eigenvalue weighted by atomic mass is 32.2. The molecule has 2 rings (SSSR count). The summed E-state index contributed by atoms with van der Waals surface area (Å²) in [5.74, 6) is 4.59. The van der Waals surface area contributed by atoms with Gasteiger partial charge in [0.15, 0.2) is 0 Å². The molecule has 1 aromatic heterocycles. The number of thioether (sulfide) groups is 2. The van der Waals surface area contributed by atoms with Crippen molar-refractivity contribution in [3.8, 4) is 0 Å². The molecular formula is C11H15N3S3. The number of aromatic nitrogens is 1. The zero-order chi connectivity index (χ0) is 12.1. The molecule has 0 aromatic carbocycles. The minimum atomic E-state index is 0.344. The molecule has 0 aliphatic carbocycles. The fourth-order valence-corrected chi connectivity index (χ4v) is 4.27. The lowest BCUT2D eigenvalue weighted by atomic mass is 10.3. The largest absolute Gasteiger partial charge is 0.388 e.